The lowest BCUT2D eigenvalue weighted by molar-refractivity contribution is 0.112. The van der Waals surface area contributed by atoms with Crippen molar-refractivity contribution in [1.82, 2.24) is 4.98 Å². The van der Waals surface area contributed by atoms with E-state index in [0.29, 0.717) is 11.4 Å². The average molecular weight is 255 g/mol. The number of aromatic nitrogens is 1. The molecule has 0 unspecified atom stereocenters. The lowest BCUT2D eigenvalue weighted by atomic mass is 10.1. The molecule has 1 aromatic heterocycles. The van der Waals surface area contributed by atoms with Crippen molar-refractivity contribution in [3.05, 3.63) is 52.2 Å². The Morgan fingerprint density at radius 1 is 1.05 bits per heavy atom. The first-order valence-corrected chi connectivity index (χ1v) is 6.19. The molecular formula is C16H17NO2. The zero-order chi connectivity index (χ0) is 14.0. The molecule has 0 spiro atoms. The summed E-state index contributed by atoms with van der Waals surface area (Å²) in [5.41, 5.74) is 4.78. The predicted molar refractivity (Wildman–Crippen MR) is 75.1 cm³/mol. The molecule has 98 valence electrons. The second kappa shape index (κ2) is 5.22. The molecule has 2 rings (SSSR count). The molecule has 0 amide bonds. The van der Waals surface area contributed by atoms with Crippen LogP contribution in [0.4, 0.5) is 0 Å². The minimum atomic E-state index is 0.544. The lowest BCUT2D eigenvalue weighted by Crippen LogP contribution is -1.97. The smallest absolute Gasteiger partial charge is 0.222 e. The molecule has 2 aromatic rings. The van der Waals surface area contributed by atoms with Crippen LogP contribution in [0.2, 0.25) is 0 Å². The van der Waals surface area contributed by atoms with Crippen LogP contribution >= 0.6 is 0 Å². The molecule has 19 heavy (non-hydrogen) atoms. The van der Waals surface area contributed by atoms with Gasteiger partial charge in [0.25, 0.3) is 0 Å². The highest BCUT2D eigenvalue weighted by molar-refractivity contribution is 5.74. The van der Waals surface area contributed by atoms with Crippen LogP contribution in [0.25, 0.3) is 0 Å². The highest BCUT2D eigenvalue weighted by Crippen LogP contribution is 2.31. The maximum absolute atomic E-state index is 10.7. The Bertz CT molecular complexity index is 633. The molecule has 3 nitrogen and oxygen atoms in total. The van der Waals surface area contributed by atoms with Crippen LogP contribution in [0.5, 0.6) is 11.6 Å². The molecule has 1 heterocycles. The van der Waals surface area contributed by atoms with Gasteiger partial charge in [0.1, 0.15) is 5.75 Å². The van der Waals surface area contributed by atoms with E-state index in [9.17, 15) is 4.79 Å². The third-order valence-corrected chi connectivity index (χ3v) is 3.26. The molecule has 0 saturated carbocycles. The van der Waals surface area contributed by atoms with Crippen LogP contribution in [-0.2, 0) is 0 Å². The molecule has 0 aliphatic carbocycles. The topological polar surface area (TPSA) is 39.2 Å². The number of carbonyl (C=O) groups excluding carboxylic acids is 1. The summed E-state index contributed by atoms with van der Waals surface area (Å²) in [5, 5.41) is 0. The van der Waals surface area contributed by atoms with Crippen molar-refractivity contribution in [3.63, 3.8) is 0 Å². The Labute approximate surface area is 113 Å². The Hall–Kier alpha value is -2.16. The molecule has 3 heteroatoms. The van der Waals surface area contributed by atoms with Crippen LogP contribution in [0.15, 0.2) is 24.4 Å². The fraction of sp³-hybridized carbons (Fsp3) is 0.250. The van der Waals surface area contributed by atoms with Crippen molar-refractivity contribution in [2.24, 2.45) is 0 Å². The zero-order valence-corrected chi connectivity index (χ0v) is 11.7. The van der Waals surface area contributed by atoms with Gasteiger partial charge in [0.15, 0.2) is 6.29 Å². The van der Waals surface area contributed by atoms with Gasteiger partial charge < -0.3 is 4.74 Å². The second-order valence-electron chi connectivity index (χ2n) is 4.76. The third-order valence-electron chi connectivity index (χ3n) is 3.26. The Balaban J connectivity index is 2.42. The summed E-state index contributed by atoms with van der Waals surface area (Å²) in [4.78, 5) is 14.9. The van der Waals surface area contributed by atoms with Crippen LogP contribution in [0.1, 0.15) is 32.6 Å². The van der Waals surface area contributed by atoms with Crippen molar-refractivity contribution in [2.75, 3.05) is 0 Å². The minimum absolute atomic E-state index is 0.544. The van der Waals surface area contributed by atoms with Gasteiger partial charge in [0, 0.05) is 17.3 Å². The van der Waals surface area contributed by atoms with E-state index < -0.39 is 0 Å². The van der Waals surface area contributed by atoms with Gasteiger partial charge in [-0.05, 0) is 50.5 Å². The number of pyridine rings is 1. The highest BCUT2D eigenvalue weighted by Gasteiger charge is 2.10. The number of hydrogen-bond acceptors (Lipinski definition) is 3. The van der Waals surface area contributed by atoms with Crippen molar-refractivity contribution in [2.45, 2.75) is 27.7 Å². The number of carbonyl (C=O) groups is 1. The zero-order valence-electron chi connectivity index (χ0n) is 11.7. The number of rotatable bonds is 3. The second-order valence-corrected chi connectivity index (χ2v) is 4.76. The fourth-order valence-corrected chi connectivity index (χ4v) is 1.93. The number of ether oxygens (including phenoxy) is 1. The van der Waals surface area contributed by atoms with E-state index in [1.54, 1.807) is 6.07 Å². The van der Waals surface area contributed by atoms with Gasteiger partial charge in [-0.25, -0.2) is 4.98 Å². The molecule has 0 N–H and O–H groups in total. The summed E-state index contributed by atoms with van der Waals surface area (Å²) in [5.74, 6) is 1.39. The van der Waals surface area contributed by atoms with Gasteiger partial charge in [-0.2, -0.15) is 0 Å². The molecule has 0 atom stereocenters. The van der Waals surface area contributed by atoms with Gasteiger partial charge in [-0.3, -0.25) is 4.79 Å². The lowest BCUT2D eigenvalue weighted by Gasteiger charge is -2.14. The average Bonchev–Trinajstić information content (AvgIpc) is 2.40. The first-order valence-electron chi connectivity index (χ1n) is 6.19. The van der Waals surface area contributed by atoms with E-state index in [0.717, 1.165) is 28.7 Å². The normalized spacial score (nSPS) is 10.3. The van der Waals surface area contributed by atoms with E-state index in [1.165, 1.54) is 11.8 Å². The van der Waals surface area contributed by atoms with Crippen LogP contribution in [0, 0.1) is 27.7 Å². The van der Waals surface area contributed by atoms with E-state index >= 15 is 0 Å². The Morgan fingerprint density at radius 3 is 2.37 bits per heavy atom. The molecule has 0 aliphatic rings. The Kier molecular flexibility index (Phi) is 3.65. The van der Waals surface area contributed by atoms with E-state index in [4.69, 9.17) is 4.74 Å². The minimum Gasteiger partial charge on any atom is -0.438 e. The first kappa shape index (κ1) is 13.3. The Morgan fingerprint density at radius 2 is 1.74 bits per heavy atom. The largest absolute Gasteiger partial charge is 0.438 e. The highest BCUT2D eigenvalue weighted by atomic mass is 16.5. The summed E-state index contributed by atoms with van der Waals surface area (Å²) in [6.45, 7) is 7.98. The first-order chi connectivity index (χ1) is 9.02. The predicted octanol–water partition coefficient (Wildman–Crippen LogP) is 3.92. The maximum atomic E-state index is 10.7. The van der Waals surface area contributed by atoms with Gasteiger partial charge in [0.2, 0.25) is 5.88 Å². The monoisotopic (exact) mass is 255 g/mol. The summed E-state index contributed by atoms with van der Waals surface area (Å²) in [6.07, 6.45) is 2.31. The van der Waals surface area contributed by atoms with Crippen molar-refractivity contribution in [3.8, 4) is 11.6 Å². The van der Waals surface area contributed by atoms with Crippen LogP contribution in [0.3, 0.4) is 0 Å². The van der Waals surface area contributed by atoms with Crippen LogP contribution < -0.4 is 4.74 Å². The molecule has 0 bridgehead atoms. The van der Waals surface area contributed by atoms with Gasteiger partial charge in [-0.15, -0.1) is 0 Å². The quantitative estimate of drug-likeness (QED) is 0.780. The number of hydrogen-bond donors (Lipinski definition) is 0. The van der Waals surface area contributed by atoms with Crippen molar-refractivity contribution in [1.29, 1.82) is 0 Å². The third kappa shape index (κ3) is 2.65. The molecular weight excluding hydrogens is 238 g/mol. The summed E-state index contributed by atoms with van der Waals surface area (Å²) in [7, 11) is 0. The SMILES string of the molecule is Cc1cc(C=O)cnc1Oc1c(C)ccc(C)c1C. The number of nitrogens with zero attached hydrogens (tertiary/aromatic N) is 1. The van der Waals surface area contributed by atoms with Gasteiger partial charge in [0.05, 0.1) is 0 Å². The number of aldehydes is 1. The van der Waals surface area contributed by atoms with Gasteiger partial charge in [-0.1, -0.05) is 12.1 Å². The molecule has 0 aliphatic heterocycles. The molecule has 0 saturated heterocycles. The molecule has 0 radical (unpaired) electrons. The summed E-state index contributed by atoms with van der Waals surface area (Å²) in [6, 6.07) is 5.88. The van der Waals surface area contributed by atoms with E-state index in [1.807, 2.05) is 26.8 Å². The summed E-state index contributed by atoms with van der Waals surface area (Å²) >= 11 is 0. The van der Waals surface area contributed by atoms with Crippen molar-refractivity contribution < 1.29 is 9.53 Å². The van der Waals surface area contributed by atoms with E-state index in [-0.39, 0.29) is 0 Å². The maximum Gasteiger partial charge on any atom is 0.222 e. The molecule has 1 aromatic carbocycles. The molecule has 0 fully saturated rings. The summed E-state index contributed by atoms with van der Waals surface area (Å²) < 4.78 is 5.92. The van der Waals surface area contributed by atoms with Crippen LogP contribution in [-0.4, -0.2) is 11.3 Å². The van der Waals surface area contributed by atoms with E-state index in [2.05, 4.69) is 18.0 Å². The standard InChI is InChI=1S/C16H17NO2/c1-10-5-6-11(2)15(13(10)4)19-16-12(3)7-14(9-18)8-17-16/h5-9H,1-4H3. The number of benzene rings is 1. The fourth-order valence-electron chi connectivity index (χ4n) is 1.93. The number of aryl methyl sites for hydroxylation is 3. The van der Waals surface area contributed by atoms with Gasteiger partial charge >= 0.3 is 0 Å². The van der Waals surface area contributed by atoms with Crippen molar-refractivity contribution >= 4 is 6.29 Å².